The molecule has 0 atom stereocenters. The highest BCUT2D eigenvalue weighted by Gasteiger charge is 2.06. The summed E-state index contributed by atoms with van der Waals surface area (Å²) in [6, 6.07) is 5.77. The SMILES string of the molecule is CCCCCNc1cc(/C=C/C(=O)NO)ccc1OCCN(CC)CC. The first-order chi connectivity index (χ1) is 12.6. The summed E-state index contributed by atoms with van der Waals surface area (Å²) in [6.07, 6.45) is 6.40. The van der Waals surface area contributed by atoms with E-state index in [9.17, 15) is 4.79 Å². The summed E-state index contributed by atoms with van der Waals surface area (Å²) in [5.74, 6) is 0.263. The average molecular weight is 364 g/mol. The zero-order valence-electron chi connectivity index (χ0n) is 16.3. The largest absolute Gasteiger partial charge is 0.490 e. The van der Waals surface area contributed by atoms with E-state index in [0.717, 1.165) is 49.6 Å². The molecule has 6 nitrogen and oxygen atoms in total. The number of hydrogen-bond donors (Lipinski definition) is 3. The van der Waals surface area contributed by atoms with Crippen LogP contribution in [-0.2, 0) is 4.79 Å². The lowest BCUT2D eigenvalue weighted by atomic mass is 10.1. The van der Waals surface area contributed by atoms with E-state index >= 15 is 0 Å². The summed E-state index contributed by atoms with van der Waals surface area (Å²) in [7, 11) is 0. The van der Waals surface area contributed by atoms with Crippen LogP contribution in [0.4, 0.5) is 5.69 Å². The Morgan fingerprint density at radius 3 is 2.65 bits per heavy atom. The number of nitrogens with one attached hydrogen (secondary N) is 2. The molecule has 0 aromatic heterocycles. The van der Waals surface area contributed by atoms with Crippen molar-refractivity contribution in [1.29, 1.82) is 0 Å². The van der Waals surface area contributed by atoms with Gasteiger partial charge in [-0.05, 0) is 43.3 Å². The van der Waals surface area contributed by atoms with E-state index in [1.807, 2.05) is 18.2 Å². The molecule has 6 heteroatoms. The van der Waals surface area contributed by atoms with Crippen LogP contribution in [-0.4, -0.2) is 48.8 Å². The zero-order valence-corrected chi connectivity index (χ0v) is 16.3. The van der Waals surface area contributed by atoms with Crippen molar-refractivity contribution in [1.82, 2.24) is 10.4 Å². The molecule has 0 spiro atoms. The topological polar surface area (TPSA) is 73.8 Å². The third kappa shape index (κ3) is 8.36. The van der Waals surface area contributed by atoms with Crippen molar-refractivity contribution in [3.63, 3.8) is 0 Å². The molecular formula is C20H33N3O3. The van der Waals surface area contributed by atoms with Gasteiger partial charge in [0.1, 0.15) is 12.4 Å². The van der Waals surface area contributed by atoms with Gasteiger partial charge >= 0.3 is 0 Å². The van der Waals surface area contributed by atoms with Crippen molar-refractivity contribution in [2.45, 2.75) is 40.0 Å². The van der Waals surface area contributed by atoms with Gasteiger partial charge in [-0.1, -0.05) is 39.7 Å². The fourth-order valence-corrected chi connectivity index (χ4v) is 2.55. The molecule has 26 heavy (non-hydrogen) atoms. The summed E-state index contributed by atoms with van der Waals surface area (Å²) < 4.78 is 5.98. The minimum atomic E-state index is -0.554. The van der Waals surface area contributed by atoms with E-state index in [1.165, 1.54) is 18.9 Å². The van der Waals surface area contributed by atoms with Crippen LogP contribution in [0, 0.1) is 0 Å². The Morgan fingerprint density at radius 1 is 1.23 bits per heavy atom. The molecular weight excluding hydrogens is 330 g/mol. The summed E-state index contributed by atoms with van der Waals surface area (Å²) in [5, 5.41) is 12.0. The number of unbranched alkanes of at least 4 members (excludes halogenated alkanes) is 2. The molecule has 0 aliphatic carbocycles. The van der Waals surface area contributed by atoms with Crippen molar-refractivity contribution < 1.29 is 14.7 Å². The predicted molar refractivity (Wildman–Crippen MR) is 107 cm³/mol. The smallest absolute Gasteiger partial charge is 0.267 e. The van der Waals surface area contributed by atoms with Gasteiger partial charge in [0.15, 0.2) is 0 Å². The highest BCUT2D eigenvalue weighted by Crippen LogP contribution is 2.26. The fraction of sp³-hybridized carbons (Fsp3) is 0.550. The number of amides is 1. The summed E-state index contributed by atoms with van der Waals surface area (Å²) in [6.45, 7) is 10.9. The summed E-state index contributed by atoms with van der Waals surface area (Å²) in [5.41, 5.74) is 3.38. The first-order valence-corrected chi connectivity index (χ1v) is 9.49. The van der Waals surface area contributed by atoms with Gasteiger partial charge in [0.05, 0.1) is 5.69 Å². The van der Waals surface area contributed by atoms with Crippen LogP contribution >= 0.6 is 0 Å². The minimum absolute atomic E-state index is 0.554. The maximum atomic E-state index is 11.2. The van der Waals surface area contributed by atoms with Crippen LogP contribution in [0.5, 0.6) is 5.75 Å². The second-order valence-corrected chi connectivity index (χ2v) is 6.07. The van der Waals surface area contributed by atoms with Crippen LogP contribution in [0.15, 0.2) is 24.3 Å². The van der Waals surface area contributed by atoms with E-state index in [-0.39, 0.29) is 0 Å². The van der Waals surface area contributed by atoms with Crippen molar-refractivity contribution in [2.75, 3.05) is 38.1 Å². The first kappa shape index (κ1) is 22.0. The molecule has 1 aromatic rings. The Kier molecular flexibility index (Phi) is 11.2. The van der Waals surface area contributed by atoms with Gasteiger partial charge in [0.25, 0.3) is 5.91 Å². The van der Waals surface area contributed by atoms with Gasteiger partial charge in [-0.25, -0.2) is 5.48 Å². The van der Waals surface area contributed by atoms with Crippen LogP contribution < -0.4 is 15.5 Å². The molecule has 0 aliphatic rings. The summed E-state index contributed by atoms with van der Waals surface area (Å²) >= 11 is 0. The molecule has 0 fully saturated rings. The summed E-state index contributed by atoms with van der Waals surface area (Å²) in [4.78, 5) is 13.5. The number of likely N-dealkylation sites (N-methyl/N-ethyl adjacent to an activating group) is 1. The molecule has 1 amide bonds. The number of carbonyl (C=O) groups is 1. The number of carbonyl (C=O) groups excluding carboxylic acids is 1. The Bertz CT molecular complexity index is 557. The molecule has 0 unspecified atom stereocenters. The number of anilines is 1. The van der Waals surface area contributed by atoms with E-state index in [0.29, 0.717) is 6.61 Å². The lowest BCUT2D eigenvalue weighted by Gasteiger charge is -2.19. The Hall–Kier alpha value is -2.05. The molecule has 0 saturated heterocycles. The number of nitrogens with zero attached hydrogens (tertiary/aromatic N) is 1. The third-order valence-corrected chi connectivity index (χ3v) is 4.20. The number of hydroxylamine groups is 1. The van der Waals surface area contributed by atoms with E-state index in [1.54, 1.807) is 11.6 Å². The van der Waals surface area contributed by atoms with Crippen LogP contribution in [0.1, 0.15) is 45.6 Å². The van der Waals surface area contributed by atoms with Crippen molar-refractivity contribution in [2.24, 2.45) is 0 Å². The molecule has 1 rings (SSSR count). The monoisotopic (exact) mass is 363 g/mol. The van der Waals surface area contributed by atoms with Gasteiger partial charge in [0, 0.05) is 19.2 Å². The second-order valence-electron chi connectivity index (χ2n) is 6.07. The molecule has 3 N–H and O–H groups in total. The molecule has 1 aromatic carbocycles. The first-order valence-electron chi connectivity index (χ1n) is 9.49. The maximum absolute atomic E-state index is 11.2. The highest BCUT2D eigenvalue weighted by atomic mass is 16.5. The zero-order chi connectivity index (χ0) is 19.2. The second kappa shape index (κ2) is 13.2. The molecule has 0 saturated carbocycles. The van der Waals surface area contributed by atoms with Gasteiger partial charge in [-0.15, -0.1) is 0 Å². The van der Waals surface area contributed by atoms with Gasteiger partial charge in [0.2, 0.25) is 0 Å². The Morgan fingerprint density at radius 2 is 2.00 bits per heavy atom. The molecule has 0 bridgehead atoms. The normalized spacial score (nSPS) is 11.1. The standard InChI is InChI=1S/C20H33N3O3/c1-4-7-8-13-21-18-16-17(10-12-20(24)22-25)9-11-19(18)26-15-14-23(5-2)6-3/h9-12,16,21,25H,4-8,13-15H2,1-3H3,(H,22,24)/b12-10+. The molecule has 0 radical (unpaired) electrons. The van der Waals surface area contributed by atoms with E-state index in [4.69, 9.17) is 9.94 Å². The average Bonchev–Trinajstić information content (AvgIpc) is 2.67. The van der Waals surface area contributed by atoms with E-state index < -0.39 is 5.91 Å². The van der Waals surface area contributed by atoms with E-state index in [2.05, 4.69) is 31.0 Å². The molecule has 146 valence electrons. The molecule has 0 heterocycles. The number of ether oxygens (including phenoxy) is 1. The number of rotatable bonds is 13. The van der Waals surface area contributed by atoms with Gasteiger partial charge in [-0.2, -0.15) is 0 Å². The number of hydrogen-bond acceptors (Lipinski definition) is 5. The Balaban J connectivity index is 2.78. The Labute approximate surface area is 157 Å². The quantitative estimate of drug-likeness (QED) is 0.216. The third-order valence-electron chi connectivity index (χ3n) is 4.20. The highest BCUT2D eigenvalue weighted by molar-refractivity contribution is 5.91. The lowest BCUT2D eigenvalue weighted by molar-refractivity contribution is -0.124. The van der Waals surface area contributed by atoms with Crippen LogP contribution in [0.2, 0.25) is 0 Å². The van der Waals surface area contributed by atoms with Crippen LogP contribution in [0.3, 0.4) is 0 Å². The predicted octanol–water partition coefficient (Wildman–Crippen LogP) is 3.53. The lowest BCUT2D eigenvalue weighted by Crippen LogP contribution is -2.28. The van der Waals surface area contributed by atoms with Crippen LogP contribution in [0.25, 0.3) is 6.08 Å². The minimum Gasteiger partial charge on any atom is -0.490 e. The maximum Gasteiger partial charge on any atom is 0.267 e. The van der Waals surface area contributed by atoms with Crippen molar-refractivity contribution >= 4 is 17.7 Å². The van der Waals surface area contributed by atoms with Crippen molar-refractivity contribution in [3.05, 3.63) is 29.8 Å². The number of benzene rings is 1. The molecule has 0 aliphatic heterocycles. The van der Waals surface area contributed by atoms with Crippen molar-refractivity contribution in [3.8, 4) is 5.75 Å². The van der Waals surface area contributed by atoms with Gasteiger partial charge in [-0.3, -0.25) is 10.0 Å². The van der Waals surface area contributed by atoms with Gasteiger partial charge < -0.3 is 15.0 Å². The fourth-order valence-electron chi connectivity index (χ4n) is 2.55.